The number of anilines is 1. The normalized spacial score (nSPS) is 25.4. The average molecular weight is 728 g/mol. The molecule has 280 valence electrons. The van der Waals surface area contributed by atoms with Gasteiger partial charge in [0.25, 0.3) is 0 Å². The number of phenols is 1. The lowest BCUT2D eigenvalue weighted by atomic mass is 9.75. The maximum Gasteiger partial charge on any atom is 0.319 e. The minimum atomic E-state index is -0.849. The molecule has 2 aromatic heterocycles. The summed E-state index contributed by atoms with van der Waals surface area (Å²) in [5.74, 6) is 2.23. The van der Waals surface area contributed by atoms with Gasteiger partial charge in [-0.05, 0) is 86.9 Å². The number of phenolic OH excluding ortho intramolecular Hbond substituents is 1. The highest BCUT2D eigenvalue weighted by Crippen LogP contribution is 2.51. The molecule has 8 rings (SSSR count). The highest BCUT2D eigenvalue weighted by atomic mass is 19.1. The predicted octanol–water partition coefficient (Wildman–Crippen LogP) is 6.81. The van der Waals surface area contributed by atoms with Crippen molar-refractivity contribution in [2.45, 2.75) is 76.8 Å². The van der Waals surface area contributed by atoms with Crippen molar-refractivity contribution >= 4 is 27.5 Å². The van der Waals surface area contributed by atoms with Crippen LogP contribution in [-0.4, -0.2) is 88.9 Å². The molecular formula is C41H47F2N5O5. The van der Waals surface area contributed by atoms with E-state index in [-0.39, 0.29) is 62.0 Å². The number of methoxy groups -OCH3 is 1. The maximum atomic E-state index is 17.2. The van der Waals surface area contributed by atoms with Gasteiger partial charge in [0, 0.05) is 48.2 Å². The van der Waals surface area contributed by atoms with Crippen molar-refractivity contribution in [1.82, 2.24) is 19.9 Å². The second-order valence-electron chi connectivity index (χ2n) is 15.3. The van der Waals surface area contributed by atoms with Crippen LogP contribution in [0.25, 0.3) is 32.9 Å². The summed E-state index contributed by atoms with van der Waals surface area (Å²) in [5.41, 5.74) is -0.462. The Morgan fingerprint density at radius 3 is 2.62 bits per heavy atom. The van der Waals surface area contributed by atoms with E-state index >= 15 is 8.78 Å². The zero-order chi connectivity index (χ0) is 36.9. The molecule has 2 saturated carbocycles. The average Bonchev–Trinajstić information content (AvgIpc) is 3.91. The minimum Gasteiger partial charge on any atom is -0.508 e. The molecule has 2 aliphatic carbocycles. The number of unbranched alkanes of at least 4 members (excludes halogenated alkanes) is 1. The van der Waals surface area contributed by atoms with Gasteiger partial charge in [-0.1, -0.05) is 31.8 Å². The second kappa shape index (κ2) is 14.5. The third-order valence-corrected chi connectivity index (χ3v) is 12.4. The Morgan fingerprint density at radius 2 is 1.89 bits per heavy atom. The number of ether oxygens (including phenoxy) is 3. The van der Waals surface area contributed by atoms with Crippen LogP contribution < -0.4 is 14.4 Å². The number of pyridine rings is 1. The van der Waals surface area contributed by atoms with E-state index in [9.17, 15) is 10.2 Å². The first-order valence-electron chi connectivity index (χ1n) is 19.0. The number of benzene rings is 2. The number of halogens is 2. The molecule has 0 amide bonds. The molecule has 2 aliphatic heterocycles. The first-order valence-corrected chi connectivity index (χ1v) is 19.0. The summed E-state index contributed by atoms with van der Waals surface area (Å²) in [7, 11) is 1.40. The van der Waals surface area contributed by atoms with Crippen LogP contribution in [-0.2, 0) is 4.74 Å². The Labute approximate surface area is 308 Å². The van der Waals surface area contributed by atoms with Gasteiger partial charge < -0.3 is 29.3 Å². The van der Waals surface area contributed by atoms with Gasteiger partial charge in [-0.25, -0.2) is 13.8 Å². The third kappa shape index (κ3) is 6.20. The Hall–Kier alpha value is -4.31. The molecular weight excluding hydrogens is 680 g/mol. The van der Waals surface area contributed by atoms with Gasteiger partial charge in [-0.3, -0.25) is 4.90 Å². The van der Waals surface area contributed by atoms with Crippen molar-refractivity contribution in [3.63, 3.8) is 0 Å². The number of aliphatic hydroxyl groups is 1. The van der Waals surface area contributed by atoms with E-state index in [4.69, 9.17) is 25.6 Å². The minimum absolute atomic E-state index is 0.00726. The number of hydrogen-bond donors (Lipinski definition) is 2. The lowest BCUT2D eigenvalue weighted by Crippen LogP contribution is -2.55. The quantitative estimate of drug-likeness (QED) is 0.126. The monoisotopic (exact) mass is 727 g/mol. The van der Waals surface area contributed by atoms with Crippen molar-refractivity contribution in [2.24, 2.45) is 17.3 Å². The fourth-order valence-corrected chi connectivity index (χ4v) is 9.88. The summed E-state index contributed by atoms with van der Waals surface area (Å²) in [5, 5.41) is 22.1. The molecule has 4 aliphatic rings. The molecule has 4 atom stereocenters. The molecule has 2 saturated heterocycles. The number of piperidine rings is 1. The number of aliphatic hydroxyl groups excluding tert-OH is 1. The van der Waals surface area contributed by atoms with Gasteiger partial charge in [0.1, 0.15) is 34.9 Å². The summed E-state index contributed by atoms with van der Waals surface area (Å²) in [6, 6.07) is 6.35. The van der Waals surface area contributed by atoms with E-state index < -0.39 is 18.4 Å². The fourth-order valence-electron chi connectivity index (χ4n) is 9.88. The summed E-state index contributed by atoms with van der Waals surface area (Å²) in [6.45, 7) is 5.31. The van der Waals surface area contributed by atoms with E-state index in [0.29, 0.717) is 42.5 Å². The van der Waals surface area contributed by atoms with Crippen LogP contribution in [0.3, 0.4) is 0 Å². The largest absolute Gasteiger partial charge is 0.508 e. The van der Waals surface area contributed by atoms with E-state index in [2.05, 4.69) is 20.8 Å². The molecule has 4 heterocycles. The number of aromatic hydroxyl groups is 1. The molecule has 4 fully saturated rings. The molecule has 53 heavy (non-hydrogen) atoms. The van der Waals surface area contributed by atoms with Crippen LogP contribution in [0.2, 0.25) is 0 Å². The molecule has 12 heteroatoms. The third-order valence-electron chi connectivity index (χ3n) is 12.4. The van der Waals surface area contributed by atoms with Crippen molar-refractivity contribution < 1.29 is 33.2 Å². The lowest BCUT2D eigenvalue weighted by Gasteiger charge is -2.48. The van der Waals surface area contributed by atoms with Gasteiger partial charge >= 0.3 is 6.01 Å². The zero-order valence-electron chi connectivity index (χ0n) is 30.4. The lowest BCUT2D eigenvalue weighted by molar-refractivity contribution is -0.0246. The zero-order valence-corrected chi connectivity index (χ0v) is 30.4. The molecule has 2 N–H and O–H groups in total. The predicted molar refractivity (Wildman–Crippen MR) is 198 cm³/mol. The summed E-state index contributed by atoms with van der Waals surface area (Å²) in [6.07, 6.45) is 15.1. The number of nitrogens with zero attached hydrogens (tertiary/aromatic N) is 5. The summed E-state index contributed by atoms with van der Waals surface area (Å²) >= 11 is 0. The Kier molecular flexibility index (Phi) is 9.77. The molecule has 10 nitrogen and oxygen atoms in total. The summed E-state index contributed by atoms with van der Waals surface area (Å²) in [4.78, 5) is 18.5. The van der Waals surface area contributed by atoms with Gasteiger partial charge in [0.2, 0.25) is 5.88 Å². The van der Waals surface area contributed by atoms with E-state index in [1.165, 1.54) is 44.2 Å². The fraction of sp³-hybridized carbons (Fsp3) is 0.537. The van der Waals surface area contributed by atoms with Gasteiger partial charge in [0.05, 0.1) is 19.3 Å². The molecule has 0 bridgehead atoms. The standard InChI is InChI=1S/C41H47F2N5O5/c1-4-6-14-47(23-49)38-34-37(35(43)36(44-39(34)51-3)30-19-28(50)18-24-10-11-31(42)29(5-2)33(24)30)45-40(46-38)53-22-41-12-7-9-32(41)48(15-8-13-41)27-16-25-20-52-21-26(25)17-27/h2,10-11,18-19,25-27,32,49-50H,4,6-9,12-17,20-23H2,1,3H3. The SMILES string of the molecule is C#Cc1c(F)ccc2cc(O)cc(-c3nc(OC)c4c(N(CO)CCCC)nc(OCC56CCCC5N(C5CC7COCC7C5)CCC6)nc4c3F)c12. The number of rotatable bonds is 11. The Balaban J connectivity index is 1.22. The van der Waals surface area contributed by atoms with Gasteiger partial charge in [-0.15, -0.1) is 6.42 Å². The number of terminal acetylenes is 1. The molecule has 0 radical (unpaired) electrons. The molecule has 4 aromatic rings. The van der Waals surface area contributed by atoms with Crippen LogP contribution in [0.4, 0.5) is 14.6 Å². The summed E-state index contributed by atoms with van der Waals surface area (Å²) < 4.78 is 50.3. The van der Waals surface area contributed by atoms with Crippen LogP contribution in [0.15, 0.2) is 24.3 Å². The topological polar surface area (TPSA) is 113 Å². The first kappa shape index (κ1) is 35.7. The maximum absolute atomic E-state index is 17.2. The number of hydrogen-bond acceptors (Lipinski definition) is 10. The Bertz CT molecular complexity index is 2060. The highest BCUT2D eigenvalue weighted by molar-refractivity contribution is 6.04. The van der Waals surface area contributed by atoms with Crippen molar-refractivity contribution in [3.05, 3.63) is 41.5 Å². The number of fused-ring (bicyclic) bond motifs is 4. The van der Waals surface area contributed by atoms with Crippen molar-refractivity contribution in [1.29, 1.82) is 0 Å². The molecule has 2 aromatic carbocycles. The number of aromatic nitrogens is 3. The van der Waals surface area contributed by atoms with E-state index in [1.54, 1.807) is 4.90 Å². The van der Waals surface area contributed by atoms with Crippen LogP contribution in [0.5, 0.6) is 17.6 Å². The molecule has 0 spiro atoms. The van der Waals surface area contributed by atoms with Crippen molar-refractivity contribution in [2.75, 3.05) is 51.7 Å². The van der Waals surface area contributed by atoms with Gasteiger partial charge in [0.15, 0.2) is 11.6 Å². The van der Waals surface area contributed by atoms with Crippen LogP contribution in [0.1, 0.15) is 70.3 Å². The number of likely N-dealkylation sites (tertiary alicyclic amines) is 1. The van der Waals surface area contributed by atoms with Crippen LogP contribution >= 0.6 is 0 Å². The smallest absolute Gasteiger partial charge is 0.319 e. The van der Waals surface area contributed by atoms with Gasteiger partial charge in [-0.2, -0.15) is 9.97 Å². The van der Waals surface area contributed by atoms with E-state index in [1.807, 2.05) is 6.92 Å². The second-order valence-corrected chi connectivity index (χ2v) is 15.3. The first-order chi connectivity index (χ1) is 25.8. The highest BCUT2D eigenvalue weighted by Gasteiger charge is 2.52. The van der Waals surface area contributed by atoms with Crippen LogP contribution in [0, 0.1) is 41.2 Å². The van der Waals surface area contributed by atoms with E-state index in [0.717, 1.165) is 64.7 Å². The Morgan fingerprint density at radius 1 is 1.09 bits per heavy atom. The van der Waals surface area contributed by atoms with Crippen molar-refractivity contribution in [3.8, 4) is 41.2 Å². The molecule has 4 unspecified atom stereocenters.